The Bertz CT molecular complexity index is 1120. The van der Waals surface area contributed by atoms with Gasteiger partial charge in [-0.25, -0.2) is 9.50 Å². The minimum absolute atomic E-state index is 0.0408. The molecule has 2 aromatic heterocycles. The normalized spacial score (nSPS) is 15.6. The van der Waals surface area contributed by atoms with E-state index < -0.39 is 17.9 Å². The molecule has 0 fully saturated rings. The first-order chi connectivity index (χ1) is 13.5. The van der Waals surface area contributed by atoms with Crippen LogP contribution in [0.15, 0.2) is 36.5 Å². The molecule has 1 unspecified atom stereocenters. The van der Waals surface area contributed by atoms with Gasteiger partial charge in [0.2, 0.25) is 0 Å². The van der Waals surface area contributed by atoms with Crippen molar-refractivity contribution < 1.29 is 19.1 Å². The summed E-state index contributed by atoms with van der Waals surface area (Å²) in [5.41, 5.74) is 7.64. The van der Waals surface area contributed by atoms with Crippen LogP contribution in [0.3, 0.4) is 0 Å². The van der Waals surface area contributed by atoms with Crippen LogP contribution in [-0.4, -0.2) is 45.3 Å². The highest BCUT2D eigenvalue weighted by Crippen LogP contribution is 2.22. The van der Waals surface area contributed by atoms with Crippen LogP contribution in [0.1, 0.15) is 42.5 Å². The van der Waals surface area contributed by atoms with Gasteiger partial charge in [0.15, 0.2) is 11.4 Å². The van der Waals surface area contributed by atoms with Gasteiger partial charge in [0.05, 0.1) is 12.6 Å². The van der Waals surface area contributed by atoms with Crippen LogP contribution in [0.25, 0.3) is 5.65 Å². The standard InChI is InChI=1S/C19H17N5O4/c1-28-9-13-15(17(20)26)18-21-7-6-14(24(18)23-13)19(27)22-12-8-10-4-2-3-5-11(10)16(12)25/h2-7,12H,8-9H2,1H3,(H2,20,26)(H,22,27). The zero-order valence-electron chi connectivity index (χ0n) is 15.0. The summed E-state index contributed by atoms with van der Waals surface area (Å²) in [7, 11) is 1.46. The largest absolute Gasteiger partial charge is 0.378 e. The number of Topliss-reactive ketones (excluding diaryl/α,β-unsaturated/α-hetero) is 1. The second-order valence-corrected chi connectivity index (χ2v) is 6.44. The predicted octanol–water partition coefficient (Wildman–Crippen LogP) is 0.512. The molecule has 2 amide bonds. The third-order valence-corrected chi connectivity index (χ3v) is 4.68. The van der Waals surface area contributed by atoms with Crippen molar-refractivity contribution in [1.82, 2.24) is 19.9 Å². The average Bonchev–Trinajstić information content (AvgIpc) is 3.20. The van der Waals surface area contributed by atoms with Crippen molar-refractivity contribution in [2.75, 3.05) is 7.11 Å². The molecule has 9 heteroatoms. The monoisotopic (exact) mass is 379 g/mol. The lowest BCUT2D eigenvalue weighted by Crippen LogP contribution is -2.39. The summed E-state index contributed by atoms with van der Waals surface area (Å²) in [5, 5.41) is 7.01. The number of rotatable bonds is 5. The van der Waals surface area contributed by atoms with Gasteiger partial charge in [0.1, 0.15) is 17.0 Å². The van der Waals surface area contributed by atoms with Crippen LogP contribution in [0.4, 0.5) is 0 Å². The molecule has 3 N–H and O–H groups in total. The first kappa shape index (κ1) is 17.8. The van der Waals surface area contributed by atoms with Crippen molar-refractivity contribution in [3.63, 3.8) is 0 Å². The number of fused-ring (bicyclic) bond motifs is 2. The average molecular weight is 379 g/mol. The Labute approximate surface area is 159 Å². The smallest absolute Gasteiger partial charge is 0.270 e. The van der Waals surface area contributed by atoms with Crippen LogP contribution in [-0.2, 0) is 17.8 Å². The molecule has 0 aliphatic heterocycles. The Morgan fingerprint density at radius 1 is 1.32 bits per heavy atom. The summed E-state index contributed by atoms with van der Waals surface area (Å²) in [6.45, 7) is 0.0408. The number of nitrogens with two attached hydrogens (primary N) is 1. The zero-order valence-corrected chi connectivity index (χ0v) is 15.0. The van der Waals surface area contributed by atoms with Gasteiger partial charge in [-0.05, 0) is 11.6 Å². The topological polar surface area (TPSA) is 129 Å². The van der Waals surface area contributed by atoms with E-state index in [0.29, 0.717) is 12.0 Å². The van der Waals surface area contributed by atoms with E-state index in [4.69, 9.17) is 10.5 Å². The first-order valence-electron chi connectivity index (χ1n) is 8.59. The maximum Gasteiger partial charge on any atom is 0.270 e. The fraction of sp³-hybridized carbons (Fsp3) is 0.211. The number of nitrogens with one attached hydrogen (secondary N) is 1. The highest BCUT2D eigenvalue weighted by atomic mass is 16.5. The minimum atomic E-state index is -0.714. The van der Waals surface area contributed by atoms with Crippen molar-refractivity contribution in [2.45, 2.75) is 19.1 Å². The molecule has 4 rings (SSSR count). The Morgan fingerprint density at radius 2 is 2.11 bits per heavy atom. The van der Waals surface area contributed by atoms with Crippen molar-refractivity contribution in [3.8, 4) is 0 Å². The molecule has 0 saturated carbocycles. The van der Waals surface area contributed by atoms with Gasteiger partial charge < -0.3 is 15.8 Å². The predicted molar refractivity (Wildman–Crippen MR) is 97.9 cm³/mol. The van der Waals surface area contributed by atoms with E-state index in [2.05, 4.69) is 15.4 Å². The van der Waals surface area contributed by atoms with Crippen molar-refractivity contribution in [3.05, 3.63) is 64.6 Å². The number of primary amides is 1. The lowest BCUT2D eigenvalue weighted by molar-refractivity contribution is 0.0863. The molecule has 2 heterocycles. The van der Waals surface area contributed by atoms with Gasteiger partial charge in [0.25, 0.3) is 11.8 Å². The number of ether oxygens (including phenoxy) is 1. The number of carbonyl (C=O) groups excluding carboxylic acids is 3. The molecule has 0 bridgehead atoms. The molecule has 3 aromatic rings. The van der Waals surface area contributed by atoms with E-state index in [1.807, 2.05) is 12.1 Å². The van der Waals surface area contributed by atoms with Crippen molar-refractivity contribution >= 4 is 23.2 Å². The number of carbonyl (C=O) groups is 3. The third kappa shape index (κ3) is 2.81. The fourth-order valence-electron chi connectivity index (χ4n) is 3.44. The maximum atomic E-state index is 12.9. The van der Waals surface area contributed by atoms with Gasteiger partial charge >= 0.3 is 0 Å². The molecule has 1 aliphatic rings. The first-order valence-corrected chi connectivity index (χ1v) is 8.59. The summed E-state index contributed by atoms with van der Waals surface area (Å²) in [6, 6.07) is 8.07. The number of nitrogens with zero attached hydrogens (tertiary/aromatic N) is 3. The Morgan fingerprint density at radius 3 is 2.82 bits per heavy atom. The van der Waals surface area contributed by atoms with Crippen molar-refractivity contribution in [1.29, 1.82) is 0 Å². The van der Waals surface area contributed by atoms with Crippen LogP contribution < -0.4 is 11.1 Å². The lowest BCUT2D eigenvalue weighted by Gasteiger charge is -2.11. The Kier molecular flexibility index (Phi) is 4.36. The van der Waals surface area contributed by atoms with E-state index in [1.54, 1.807) is 12.1 Å². The molecule has 0 radical (unpaired) electrons. The third-order valence-electron chi connectivity index (χ3n) is 4.68. The van der Waals surface area contributed by atoms with E-state index in [1.165, 1.54) is 23.9 Å². The minimum Gasteiger partial charge on any atom is -0.378 e. The molecule has 1 aromatic carbocycles. The number of ketones is 1. The van der Waals surface area contributed by atoms with Crippen LogP contribution in [0.2, 0.25) is 0 Å². The molecule has 142 valence electrons. The van der Waals surface area contributed by atoms with Gasteiger partial charge in [0, 0.05) is 25.3 Å². The molecule has 1 aliphatic carbocycles. The summed E-state index contributed by atoms with van der Waals surface area (Å²) < 4.78 is 6.30. The zero-order chi connectivity index (χ0) is 19.8. The van der Waals surface area contributed by atoms with Crippen LogP contribution in [0, 0.1) is 0 Å². The second-order valence-electron chi connectivity index (χ2n) is 6.44. The quantitative estimate of drug-likeness (QED) is 0.665. The highest BCUT2D eigenvalue weighted by molar-refractivity contribution is 6.07. The molecule has 28 heavy (non-hydrogen) atoms. The molecular formula is C19H17N5O4. The number of aromatic nitrogens is 3. The summed E-state index contributed by atoms with van der Waals surface area (Å²) >= 11 is 0. The second kappa shape index (κ2) is 6.86. The number of hydrogen-bond donors (Lipinski definition) is 2. The van der Waals surface area contributed by atoms with Crippen LogP contribution in [0.5, 0.6) is 0 Å². The fourth-order valence-corrected chi connectivity index (χ4v) is 3.44. The SMILES string of the molecule is COCc1nn2c(C(=O)NC3Cc4ccccc4C3=O)ccnc2c1C(N)=O. The van der Waals surface area contributed by atoms with E-state index in [9.17, 15) is 14.4 Å². The van der Waals surface area contributed by atoms with Gasteiger partial charge in [-0.3, -0.25) is 14.4 Å². The molecule has 1 atom stereocenters. The van der Waals surface area contributed by atoms with Gasteiger partial charge in [-0.15, -0.1) is 0 Å². The van der Waals surface area contributed by atoms with Crippen LogP contribution >= 0.6 is 0 Å². The Balaban J connectivity index is 1.68. The number of methoxy groups -OCH3 is 1. The van der Waals surface area contributed by atoms with Gasteiger partial charge in [-0.2, -0.15) is 5.10 Å². The number of benzene rings is 1. The van der Waals surface area contributed by atoms with Crippen molar-refractivity contribution in [2.24, 2.45) is 5.73 Å². The number of hydrogen-bond acceptors (Lipinski definition) is 6. The molecule has 0 saturated heterocycles. The van der Waals surface area contributed by atoms with E-state index in [0.717, 1.165) is 5.56 Å². The molecule has 9 nitrogen and oxygen atoms in total. The Hall–Kier alpha value is -3.59. The van der Waals surface area contributed by atoms with E-state index in [-0.39, 0.29) is 35.0 Å². The maximum absolute atomic E-state index is 12.9. The highest BCUT2D eigenvalue weighted by Gasteiger charge is 2.32. The lowest BCUT2D eigenvalue weighted by atomic mass is 10.1. The number of amides is 2. The summed E-state index contributed by atoms with van der Waals surface area (Å²) in [5.74, 6) is -1.35. The molecule has 0 spiro atoms. The summed E-state index contributed by atoms with van der Waals surface area (Å²) in [4.78, 5) is 41.3. The van der Waals surface area contributed by atoms with E-state index >= 15 is 0 Å². The molecular weight excluding hydrogens is 362 g/mol. The summed E-state index contributed by atoms with van der Waals surface area (Å²) in [6.07, 6.45) is 1.82. The van der Waals surface area contributed by atoms with Gasteiger partial charge in [-0.1, -0.05) is 24.3 Å².